The van der Waals surface area contributed by atoms with Crippen molar-refractivity contribution < 1.29 is 4.42 Å². The predicted molar refractivity (Wildman–Crippen MR) is 65.3 cm³/mol. The molecule has 0 aliphatic heterocycles. The van der Waals surface area contributed by atoms with Crippen molar-refractivity contribution in [3.8, 4) is 0 Å². The van der Waals surface area contributed by atoms with Gasteiger partial charge in [0.1, 0.15) is 11.4 Å². The summed E-state index contributed by atoms with van der Waals surface area (Å²) >= 11 is 3.47. The molecule has 0 saturated carbocycles. The third kappa shape index (κ3) is 1.55. The topological polar surface area (TPSA) is 41.8 Å². The molecule has 0 spiro atoms. The van der Waals surface area contributed by atoms with Crippen molar-refractivity contribution in [1.82, 2.24) is 9.97 Å². The number of fused-ring (bicyclic) bond motifs is 1. The van der Waals surface area contributed by atoms with E-state index < -0.39 is 0 Å². The van der Waals surface area contributed by atoms with E-state index in [-0.39, 0.29) is 0 Å². The number of aromatic nitrogens is 2. The summed E-state index contributed by atoms with van der Waals surface area (Å²) in [6, 6.07) is 6.04. The molecule has 1 N–H and O–H groups in total. The first-order valence-electron chi connectivity index (χ1n) is 4.97. The third-order valence-electron chi connectivity index (χ3n) is 2.54. The van der Waals surface area contributed by atoms with Crippen LogP contribution in [0.5, 0.6) is 0 Å². The van der Waals surface area contributed by atoms with Crippen molar-refractivity contribution in [3.63, 3.8) is 0 Å². The standard InChI is InChI=1S/C12H9BrN2O/c13-10-3-1-2-9-8(7-16-12(9)10)6-11-14-4-5-15-11/h1-5,7H,6H2,(H,14,15). The van der Waals surface area contributed by atoms with Crippen LogP contribution >= 0.6 is 15.9 Å². The van der Waals surface area contributed by atoms with E-state index in [4.69, 9.17) is 4.42 Å². The van der Waals surface area contributed by atoms with Crippen LogP contribution < -0.4 is 0 Å². The van der Waals surface area contributed by atoms with E-state index in [1.807, 2.05) is 18.3 Å². The summed E-state index contributed by atoms with van der Waals surface area (Å²) in [5, 5.41) is 1.13. The van der Waals surface area contributed by atoms with Crippen LogP contribution in [-0.2, 0) is 6.42 Å². The molecule has 0 atom stereocenters. The Hall–Kier alpha value is -1.55. The van der Waals surface area contributed by atoms with Crippen molar-refractivity contribution >= 4 is 26.9 Å². The average molecular weight is 277 g/mol. The second-order valence-electron chi connectivity index (χ2n) is 3.59. The Balaban J connectivity index is 2.08. The lowest BCUT2D eigenvalue weighted by Gasteiger charge is -1.95. The maximum atomic E-state index is 5.54. The number of nitrogens with zero attached hydrogens (tertiary/aromatic N) is 1. The maximum absolute atomic E-state index is 5.54. The van der Waals surface area contributed by atoms with Crippen LogP contribution in [0.25, 0.3) is 11.0 Å². The first kappa shape index (κ1) is 9.66. The summed E-state index contributed by atoms with van der Waals surface area (Å²) in [5.74, 6) is 0.947. The Morgan fingerprint density at radius 3 is 3.12 bits per heavy atom. The predicted octanol–water partition coefficient (Wildman–Crippen LogP) is 3.51. The number of halogens is 1. The van der Waals surface area contributed by atoms with E-state index in [0.29, 0.717) is 0 Å². The van der Waals surface area contributed by atoms with Gasteiger partial charge in [0.25, 0.3) is 0 Å². The molecule has 80 valence electrons. The van der Waals surface area contributed by atoms with E-state index in [0.717, 1.165) is 33.3 Å². The number of para-hydroxylation sites is 1. The largest absolute Gasteiger partial charge is 0.463 e. The van der Waals surface area contributed by atoms with Crippen LogP contribution in [0.15, 0.2) is 45.7 Å². The normalized spacial score (nSPS) is 11.1. The number of rotatable bonds is 2. The van der Waals surface area contributed by atoms with Gasteiger partial charge in [0.2, 0.25) is 0 Å². The van der Waals surface area contributed by atoms with Crippen molar-refractivity contribution in [2.45, 2.75) is 6.42 Å². The summed E-state index contributed by atoms with van der Waals surface area (Å²) in [4.78, 5) is 7.30. The minimum absolute atomic E-state index is 0.760. The molecule has 4 heteroatoms. The molecule has 0 aliphatic carbocycles. The highest BCUT2D eigenvalue weighted by Gasteiger charge is 2.09. The number of imidazole rings is 1. The molecule has 2 heterocycles. The van der Waals surface area contributed by atoms with Crippen LogP contribution in [0, 0.1) is 0 Å². The molecule has 0 radical (unpaired) electrons. The van der Waals surface area contributed by atoms with E-state index >= 15 is 0 Å². The number of nitrogens with one attached hydrogen (secondary N) is 1. The second kappa shape index (κ2) is 3.79. The minimum atomic E-state index is 0.760. The van der Waals surface area contributed by atoms with Gasteiger partial charge < -0.3 is 9.40 Å². The Morgan fingerprint density at radius 1 is 1.38 bits per heavy atom. The Bertz CT molecular complexity index is 613. The van der Waals surface area contributed by atoms with Crippen LogP contribution in [0.2, 0.25) is 0 Å². The van der Waals surface area contributed by atoms with Crippen LogP contribution in [0.4, 0.5) is 0 Å². The Kier molecular flexibility index (Phi) is 2.29. The van der Waals surface area contributed by atoms with Gasteiger partial charge in [-0.3, -0.25) is 0 Å². The van der Waals surface area contributed by atoms with E-state index in [9.17, 15) is 0 Å². The molecule has 3 rings (SSSR count). The van der Waals surface area contributed by atoms with Crippen LogP contribution in [0.1, 0.15) is 11.4 Å². The van der Waals surface area contributed by atoms with E-state index in [1.54, 1.807) is 12.5 Å². The van der Waals surface area contributed by atoms with Crippen molar-refractivity contribution in [2.75, 3.05) is 0 Å². The zero-order valence-corrected chi connectivity index (χ0v) is 9.99. The average Bonchev–Trinajstić information content (AvgIpc) is 2.90. The molecule has 0 bridgehead atoms. The highest BCUT2D eigenvalue weighted by molar-refractivity contribution is 9.10. The van der Waals surface area contributed by atoms with Crippen molar-refractivity contribution in [3.05, 3.63) is 52.7 Å². The van der Waals surface area contributed by atoms with Gasteiger partial charge in [-0.15, -0.1) is 0 Å². The van der Waals surface area contributed by atoms with Gasteiger partial charge in [-0.25, -0.2) is 4.98 Å². The summed E-state index contributed by atoms with van der Waals surface area (Å²) < 4.78 is 6.52. The van der Waals surface area contributed by atoms with Gasteiger partial charge in [0.15, 0.2) is 0 Å². The zero-order chi connectivity index (χ0) is 11.0. The maximum Gasteiger partial charge on any atom is 0.148 e. The SMILES string of the molecule is Brc1cccc2c(Cc3ncc[nH]3)coc12. The van der Waals surface area contributed by atoms with Gasteiger partial charge >= 0.3 is 0 Å². The molecule has 16 heavy (non-hydrogen) atoms. The zero-order valence-electron chi connectivity index (χ0n) is 8.40. The fraction of sp³-hybridized carbons (Fsp3) is 0.0833. The molecule has 0 unspecified atom stereocenters. The van der Waals surface area contributed by atoms with Crippen molar-refractivity contribution in [1.29, 1.82) is 0 Å². The first-order chi connectivity index (χ1) is 7.84. The Labute approximate surface area is 101 Å². The molecular weight excluding hydrogens is 268 g/mol. The van der Waals surface area contributed by atoms with Gasteiger partial charge in [-0.05, 0) is 22.0 Å². The fourth-order valence-corrected chi connectivity index (χ4v) is 2.25. The van der Waals surface area contributed by atoms with Gasteiger partial charge in [0.05, 0.1) is 10.7 Å². The monoisotopic (exact) mass is 276 g/mol. The first-order valence-corrected chi connectivity index (χ1v) is 5.77. The number of H-pyrrole nitrogens is 1. The smallest absolute Gasteiger partial charge is 0.148 e. The summed E-state index contributed by atoms with van der Waals surface area (Å²) in [7, 11) is 0. The molecule has 0 aliphatic rings. The lowest BCUT2D eigenvalue weighted by molar-refractivity contribution is 0.609. The fourth-order valence-electron chi connectivity index (χ4n) is 1.79. The minimum Gasteiger partial charge on any atom is -0.463 e. The Morgan fingerprint density at radius 2 is 2.31 bits per heavy atom. The lowest BCUT2D eigenvalue weighted by atomic mass is 10.1. The van der Waals surface area contributed by atoms with Crippen LogP contribution in [-0.4, -0.2) is 9.97 Å². The quantitative estimate of drug-likeness (QED) is 0.778. The van der Waals surface area contributed by atoms with Crippen molar-refractivity contribution in [2.24, 2.45) is 0 Å². The molecule has 0 fully saturated rings. The molecule has 2 aromatic heterocycles. The molecule has 3 nitrogen and oxygen atoms in total. The number of hydrogen-bond donors (Lipinski definition) is 1. The molecule has 3 aromatic rings. The highest BCUT2D eigenvalue weighted by Crippen LogP contribution is 2.28. The lowest BCUT2D eigenvalue weighted by Crippen LogP contribution is -1.88. The summed E-state index contributed by atoms with van der Waals surface area (Å²) in [6.07, 6.45) is 6.13. The number of furan rings is 1. The van der Waals surface area contributed by atoms with E-state index in [2.05, 4.69) is 32.0 Å². The number of benzene rings is 1. The number of hydrogen-bond acceptors (Lipinski definition) is 2. The summed E-state index contributed by atoms with van der Waals surface area (Å²) in [5.41, 5.74) is 2.04. The van der Waals surface area contributed by atoms with Gasteiger partial charge in [-0.1, -0.05) is 12.1 Å². The number of aromatic amines is 1. The second-order valence-corrected chi connectivity index (χ2v) is 4.44. The highest BCUT2D eigenvalue weighted by atomic mass is 79.9. The molecule has 0 saturated heterocycles. The third-order valence-corrected chi connectivity index (χ3v) is 3.17. The molecule has 0 amide bonds. The summed E-state index contributed by atoms with van der Waals surface area (Å²) in [6.45, 7) is 0. The van der Waals surface area contributed by atoms with Gasteiger partial charge in [0, 0.05) is 29.8 Å². The van der Waals surface area contributed by atoms with Gasteiger partial charge in [-0.2, -0.15) is 0 Å². The van der Waals surface area contributed by atoms with Crippen LogP contribution in [0.3, 0.4) is 0 Å². The molecular formula is C12H9BrN2O. The van der Waals surface area contributed by atoms with E-state index in [1.165, 1.54) is 0 Å². The molecule has 1 aromatic carbocycles.